The van der Waals surface area contributed by atoms with E-state index in [2.05, 4.69) is 15.5 Å². The lowest BCUT2D eigenvalue weighted by atomic mass is 10.1. The third-order valence-corrected chi connectivity index (χ3v) is 4.55. The van der Waals surface area contributed by atoms with Crippen molar-refractivity contribution in [2.24, 2.45) is 0 Å². The number of carbonyl (C=O) groups is 2. The Morgan fingerprint density at radius 3 is 2.63 bits per heavy atom. The van der Waals surface area contributed by atoms with E-state index >= 15 is 0 Å². The Morgan fingerprint density at radius 1 is 1.20 bits per heavy atom. The molecule has 30 heavy (non-hydrogen) atoms. The average Bonchev–Trinajstić information content (AvgIpc) is 3.33. The number of benzene rings is 1. The summed E-state index contributed by atoms with van der Waals surface area (Å²) in [7, 11) is 3.30. The van der Waals surface area contributed by atoms with Gasteiger partial charge in [0.2, 0.25) is 0 Å². The molecule has 9 nitrogen and oxygen atoms in total. The first kappa shape index (κ1) is 21.1. The van der Waals surface area contributed by atoms with E-state index in [4.69, 9.17) is 4.74 Å². The monoisotopic (exact) mass is 410 g/mol. The summed E-state index contributed by atoms with van der Waals surface area (Å²) in [6, 6.07) is 7.53. The molecule has 1 aromatic carbocycles. The zero-order valence-corrected chi connectivity index (χ0v) is 17.8. The van der Waals surface area contributed by atoms with Crippen LogP contribution in [0.5, 0.6) is 5.75 Å². The van der Waals surface area contributed by atoms with Crippen LogP contribution < -0.4 is 10.1 Å². The molecule has 0 aliphatic heterocycles. The first-order chi connectivity index (χ1) is 14.3. The minimum Gasteiger partial charge on any atom is -0.471 e. The second-order valence-corrected chi connectivity index (χ2v) is 7.16. The van der Waals surface area contributed by atoms with Gasteiger partial charge in [-0.15, -0.1) is 0 Å². The third kappa shape index (κ3) is 4.51. The molecule has 2 amide bonds. The molecule has 0 radical (unpaired) electrons. The van der Waals surface area contributed by atoms with Crippen LogP contribution in [0, 0.1) is 13.8 Å². The number of aryl methyl sites for hydroxylation is 3. The van der Waals surface area contributed by atoms with E-state index in [1.54, 1.807) is 31.0 Å². The van der Waals surface area contributed by atoms with Crippen LogP contribution in [-0.4, -0.2) is 50.4 Å². The van der Waals surface area contributed by atoms with Crippen LogP contribution in [0.15, 0.2) is 36.7 Å². The Kier molecular flexibility index (Phi) is 6.20. The molecule has 0 fully saturated rings. The Bertz CT molecular complexity index is 1070. The highest BCUT2D eigenvalue weighted by molar-refractivity contribution is 6.07. The molecule has 3 rings (SSSR count). The summed E-state index contributed by atoms with van der Waals surface area (Å²) in [6.07, 6.45) is 3.14. The van der Waals surface area contributed by atoms with Gasteiger partial charge in [-0.05, 0) is 38.5 Å². The fourth-order valence-corrected chi connectivity index (χ4v) is 2.99. The van der Waals surface area contributed by atoms with Crippen molar-refractivity contribution in [1.82, 2.24) is 24.5 Å². The van der Waals surface area contributed by atoms with Gasteiger partial charge in [0, 0.05) is 26.8 Å². The summed E-state index contributed by atoms with van der Waals surface area (Å²) >= 11 is 0. The highest BCUT2D eigenvalue weighted by Crippen LogP contribution is 2.20. The van der Waals surface area contributed by atoms with Gasteiger partial charge in [0.15, 0.2) is 12.4 Å². The van der Waals surface area contributed by atoms with Gasteiger partial charge in [-0.3, -0.25) is 14.3 Å². The number of aromatic nitrogens is 4. The summed E-state index contributed by atoms with van der Waals surface area (Å²) in [5.41, 5.74) is 3.09. The highest BCUT2D eigenvalue weighted by Gasteiger charge is 2.22. The Hall–Kier alpha value is -3.62. The average molecular weight is 410 g/mol. The zero-order chi connectivity index (χ0) is 21.8. The molecule has 0 saturated carbocycles. The van der Waals surface area contributed by atoms with Crippen LogP contribution in [-0.2, 0) is 13.3 Å². The van der Waals surface area contributed by atoms with Crippen molar-refractivity contribution in [2.75, 3.05) is 19.4 Å². The van der Waals surface area contributed by atoms with Crippen LogP contribution in [0.3, 0.4) is 0 Å². The second-order valence-electron chi connectivity index (χ2n) is 7.16. The number of hydrogen-bond acceptors (Lipinski definition) is 5. The maximum atomic E-state index is 12.6. The Balaban J connectivity index is 1.70. The van der Waals surface area contributed by atoms with E-state index in [1.165, 1.54) is 15.8 Å². The number of rotatable bonds is 7. The molecule has 158 valence electrons. The minimum atomic E-state index is -0.427. The number of carbonyl (C=O) groups excluding carboxylic acids is 2. The number of nitrogens with zero attached hydrogens (tertiary/aromatic N) is 5. The normalized spacial score (nSPS) is 10.7. The fourth-order valence-electron chi connectivity index (χ4n) is 2.99. The number of anilines is 1. The van der Waals surface area contributed by atoms with Crippen LogP contribution in [0.4, 0.5) is 5.69 Å². The maximum Gasteiger partial charge on any atom is 0.276 e. The molecule has 0 saturated heterocycles. The number of amides is 2. The summed E-state index contributed by atoms with van der Waals surface area (Å²) < 4.78 is 8.88. The van der Waals surface area contributed by atoms with Crippen LogP contribution in [0.1, 0.15) is 39.0 Å². The standard InChI is InChI=1S/C21H26N6O3/c1-6-27-19(21(29)25(4)5)17(12-22-27)23-20(28)16-9-10-26(24-16)13-30-18-8-7-14(2)11-15(18)3/h7-12H,6,13H2,1-5H3,(H,23,28). The highest BCUT2D eigenvalue weighted by atomic mass is 16.5. The molecule has 0 atom stereocenters. The molecular formula is C21H26N6O3. The predicted molar refractivity (Wildman–Crippen MR) is 113 cm³/mol. The number of nitrogens with one attached hydrogen (secondary N) is 1. The molecule has 2 heterocycles. The van der Waals surface area contributed by atoms with Crippen LogP contribution >= 0.6 is 0 Å². The lowest BCUT2D eigenvalue weighted by Crippen LogP contribution is -2.26. The summed E-state index contributed by atoms with van der Waals surface area (Å²) in [5.74, 6) is 0.0988. The molecule has 1 N–H and O–H groups in total. The van der Waals surface area contributed by atoms with Gasteiger partial charge in [0.25, 0.3) is 11.8 Å². The van der Waals surface area contributed by atoms with Gasteiger partial charge in [-0.2, -0.15) is 10.2 Å². The van der Waals surface area contributed by atoms with E-state index in [0.29, 0.717) is 17.9 Å². The molecule has 0 unspecified atom stereocenters. The van der Waals surface area contributed by atoms with Crippen LogP contribution in [0.25, 0.3) is 0 Å². The fraction of sp³-hybridized carbons (Fsp3) is 0.333. The summed E-state index contributed by atoms with van der Waals surface area (Å²) in [6.45, 7) is 6.57. The maximum absolute atomic E-state index is 12.6. The molecule has 0 bridgehead atoms. The van der Waals surface area contributed by atoms with Crippen LogP contribution in [0.2, 0.25) is 0 Å². The lowest BCUT2D eigenvalue weighted by molar-refractivity contribution is 0.0816. The smallest absolute Gasteiger partial charge is 0.276 e. The third-order valence-electron chi connectivity index (χ3n) is 4.55. The predicted octanol–water partition coefficient (Wildman–Crippen LogP) is 2.71. The van der Waals surface area contributed by atoms with Gasteiger partial charge in [-0.25, -0.2) is 4.68 Å². The zero-order valence-electron chi connectivity index (χ0n) is 17.8. The SMILES string of the molecule is CCn1ncc(NC(=O)c2ccn(COc3ccc(C)cc3C)n2)c1C(=O)N(C)C. The van der Waals surface area contributed by atoms with E-state index in [9.17, 15) is 9.59 Å². The van der Waals surface area contributed by atoms with Crippen molar-refractivity contribution < 1.29 is 14.3 Å². The number of ether oxygens (including phenoxy) is 1. The van der Waals surface area contributed by atoms with Gasteiger partial charge < -0.3 is 15.0 Å². The van der Waals surface area contributed by atoms with Gasteiger partial charge in [0.1, 0.15) is 11.4 Å². The summed E-state index contributed by atoms with van der Waals surface area (Å²) in [4.78, 5) is 26.6. The second kappa shape index (κ2) is 8.81. The molecular weight excluding hydrogens is 384 g/mol. The minimum absolute atomic E-state index is 0.176. The molecule has 3 aromatic rings. The molecule has 0 aliphatic carbocycles. The van der Waals surface area contributed by atoms with Crippen molar-refractivity contribution in [3.8, 4) is 5.75 Å². The summed E-state index contributed by atoms with van der Waals surface area (Å²) in [5, 5.41) is 11.2. The molecule has 2 aromatic heterocycles. The topological polar surface area (TPSA) is 94.3 Å². The molecule has 0 spiro atoms. The van der Waals surface area contributed by atoms with Gasteiger partial charge in [0.05, 0.1) is 11.9 Å². The lowest BCUT2D eigenvalue weighted by Gasteiger charge is -2.13. The van der Waals surface area contributed by atoms with Crippen molar-refractivity contribution in [2.45, 2.75) is 34.0 Å². The van der Waals surface area contributed by atoms with Crippen molar-refractivity contribution in [1.29, 1.82) is 0 Å². The van der Waals surface area contributed by atoms with E-state index in [1.807, 2.05) is 39.0 Å². The Labute approximate surface area is 175 Å². The van der Waals surface area contributed by atoms with E-state index in [-0.39, 0.29) is 18.3 Å². The quantitative estimate of drug-likeness (QED) is 0.646. The number of hydrogen-bond donors (Lipinski definition) is 1. The first-order valence-corrected chi connectivity index (χ1v) is 9.62. The van der Waals surface area contributed by atoms with Gasteiger partial charge in [-0.1, -0.05) is 17.7 Å². The van der Waals surface area contributed by atoms with Gasteiger partial charge >= 0.3 is 0 Å². The Morgan fingerprint density at radius 2 is 1.97 bits per heavy atom. The van der Waals surface area contributed by atoms with Crippen molar-refractivity contribution in [3.05, 3.63) is 59.2 Å². The van der Waals surface area contributed by atoms with Crippen molar-refractivity contribution in [3.63, 3.8) is 0 Å². The first-order valence-electron chi connectivity index (χ1n) is 9.62. The molecule has 9 heteroatoms. The largest absolute Gasteiger partial charge is 0.471 e. The van der Waals surface area contributed by atoms with Crippen molar-refractivity contribution >= 4 is 17.5 Å². The van der Waals surface area contributed by atoms with E-state index in [0.717, 1.165) is 16.9 Å². The van der Waals surface area contributed by atoms with E-state index < -0.39 is 5.91 Å². The molecule has 0 aliphatic rings.